The van der Waals surface area contributed by atoms with Crippen LogP contribution in [0.15, 0.2) is 71.8 Å². The summed E-state index contributed by atoms with van der Waals surface area (Å²) in [7, 11) is 1.48. The fraction of sp³-hybridized carbons (Fsp3) is 0.222. The maximum atomic E-state index is 12.5. The van der Waals surface area contributed by atoms with E-state index in [-0.39, 0.29) is 11.7 Å². The molecule has 1 amide bonds. The van der Waals surface area contributed by atoms with Crippen LogP contribution in [-0.2, 0) is 0 Å². The normalized spacial score (nSPS) is 10.7. The van der Waals surface area contributed by atoms with Crippen molar-refractivity contribution in [1.29, 1.82) is 0 Å². The lowest BCUT2D eigenvalue weighted by Crippen LogP contribution is -2.17. The predicted molar refractivity (Wildman–Crippen MR) is 131 cm³/mol. The third kappa shape index (κ3) is 6.93. The molecule has 0 atom stereocenters. The van der Waals surface area contributed by atoms with Gasteiger partial charge in [-0.1, -0.05) is 31.0 Å². The van der Waals surface area contributed by atoms with E-state index in [1.165, 1.54) is 13.3 Å². The molecule has 7 heteroatoms. The molecule has 3 aromatic carbocycles. The molecule has 0 fully saturated rings. The zero-order valence-electron chi connectivity index (χ0n) is 19.5. The highest BCUT2D eigenvalue weighted by molar-refractivity contribution is 5.95. The Hall–Kier alpha value is -4.13. The van der Waals surface area contributed by atoms with Crippen molar-refractivity contribution in [3.05, 3.63) is 89.0 Å². The van der Waals surface area contributed by atoms with Crippen molar-refractivity contribution in [1.82, 2.24) is 5.43 Å². The second-order valence-corrected chi connectivity index (χ2v) is 7.59. The largest absolute Gasteiger partial charge is 0.494 e. The van der Waals surface area contributed by atoms with E-state index >= 15 is 0 Å². The fourth-order valence-electron chi connectivity index (χ4n) is 2.96. The van der Waals surface area contributed by atoms with Crippen LogP contribution < -0.4 is 19.6 Å². The molecule has 34 heavy (non-hydrogen) atoms. The summed E-state index contributed by atoms with van der Waals surface area (Å²) >= 11 is 0. The van der Waals surface area contributed by atoms with Gasteiger partial charge in [0.1, 0.15) is 5.75 Å². The molecule has 0 saturated heterocycles. The number of aryl methyl sites for hydroxylation is 1. The Morgan fingerprint density at radius 3 is 2.32 bits per heavy atom. The number of carbonyl (C=O) groups excluding carboxylic acids is 2. The lowest BCUT2D eigenvalue weighted by molar-refractivity contribution is 0.0729. The maximum absolute atomic E-state index is 12.5. The highest BCUT2D eigenvalue weighted by Gasteiger charge is 2.13. The molecule has 0 aliphatic carbocycles. The van der Waals surface area contributed by atoms with E-state index < -0.39 is 5.97 Å². The number of hydrogen-bond acceptors (Lipinski definition) is 6. The molecule has 0 radical (unpaired) electrons. The van der Waals surface area contributed by atoms with E-state index in [1.54, 1.807) is 54.6 Å². The number of hydrogen-bond donors (Lipinski definition) is 1. The first kappa shape index (κ1) is 24.5. The van der Waals surface area contributed by atoms with Crippen LogP contribution in [0.2, 0.25) is 0 Å². The van der Waals surface area contributed by atoms with Gasteiger partial charge in [0, 0.05) is 5.56 Å². The molecule has 0 aromatic heterocycles. The van der Waals surface area contributed by atoms with Gasteiger partial charge in [-0.25, -0.2) is 10.2 Å². The Morgan fingerprint density at radius 2 is 1.65 bits per heavy atom. The van der Waals surface area contributed by atoms with Crippen LogP contribution in [0, 0.1) is 6.92 Å². The first-order valence-corrected chi connectivity index (χ1v) is 11.0. The summed E-state index contributed by atoms with van der Waals surface area (Å²) in [5, 5.41) is 3.99. The molecule has 0 aliphatic heterocycles. The Kier molecular flexibility index (Phi) is 8.80. The second kappa shape index (κ2) is 12.2. The summed E-state index contributed by atoms with van der Waals surface area (Å²) in [5.74, 6) is 0.528. The summed E-state index contributed by atoms with van der Waals surface area (Å²) in [6, 6.07) is 19.0. The molecule has 0 heterocycles. The van der Waals surface area contributed by atoms with Crippen molar-refractivity contribution in [3.63, 3.8) is 0 Å². The third-order valence-electron chi connectivity index (χ3n) is 4.94. The van der Waals surface area contributed by atoms with Crippen molar-refractivity contribution in [2.24, 2.45) is 5.10 Å². The number of unbranched alkanes of at least 4 members (excludes halogenated alkanes) is 1. The van der Waals surface area contributed by atoms with Crippen LogP contribution in [0.1, 0.15) is 51.6 Å². The Balaban J connectivity index is 1.60. The number of ether oxygens (including phenoxy) is 3. The topological polar surface area (TPSA) is 86.2 Å². The number of esters is 1. The monoisotopic (exact) mass is 460 g/mol. The molecule has 0 spiro atoms. The molecule has 176 valence electrons. The second-order valence-electron chi connectivity index (χ2n) is 7.59. The molecule has 3 aromatic rings. The minimum Gasteiger partial charge on any atom is -0.494 e. The number of nitrogens with one attached hydrogen (secondary N) is 1. The molecule has 0 bridgehead atoms. The zero-order valence-corrected chi connectivity index (χ0v) is 19.5. The summed E-state index contributed by atoms with van der Waals surface area (Å²) < 4.78 is 16.5. The molecule has 3 rings (SSSR count). The van der Waals surface area contributed by atoms with E-state index in [0.717, 1.165) is 18.4 Å². The van der Waals surface area contributed by atoms with Crippen LogP contribution in [0.5, 0.6) is 17.2 Å². The first-order chi connectivity index (χ1) is 16.5. The Bertz CT molecular complexity index is 1140. The van der Waals surface area contributed by atoms with E-state index in [0.29, 0.717) is 34.8 Å². The van der Waals surface area contributed by atoms with Crippen LogP contribution >= 0.6 is 0 Å². The lowest BCUT2D eigenvalue weighted by Gasteiger charge is -2.10. The van der Waals surface area contributed by atoms with Crippen LogP contribution in [-0.4, -0.2) is 31.8 Å². The summed E-state index contributed by atoms with van der Waals surface area (Å²) in [6.45, 7) is 4.69. The minimum atomic E-state index is -0.509. The number of benzene rings is 3. The fourth-order valence-corrected chi connectivity index (χ4v) is 2.96. The van der Waals surface area contributed by atoms with E-state index in [2.05, 4.69) is 17.5 Å². The zero-order chi connectivity index (χ0) is 24.3. The standard InChI is InChI=1S/C27H28N2O5/c1-4-5-16-33-23-13-11-22(12-14-23)27(31)34-24-15-8-20(17-25(24)32-3)18-28-29-26(30)21-9-6-19(2)7-10-21/h6-15,17-18H,4-5,16H2,1-3H3,(H,29,30)/b28-18+. The average molecular weight is 461 g/mol. The van der Waals surface area contributed by atoms with Crippen molar-refractivity contribution >= 4 is 18.1 Å². The molecular formula is C27H28N2O5. The highest BCUT2D eigenvalue weighted by atomic mass is 16.6. The van der Waals surface area contributed by atoms with Crippen molar-refractivity contribution < 1.29 is 23.8 Å². The van der Waals surface area contributed by atoms with Gasteiger partial charge in [0.15, 0.2) is 11.5 Å². The van der Waals surface area contributed by atoms with Gasteiger partial charge in [0.05, 0.1) is 25.5 Å². The number of nitrogens with zero attached hydrogens (tertiary/aromatic N) is 1. The quantitative estimate of drug-likeness (QED) is 0.148. The summed E-state index contributed by atoms with van der Waals surface area (Å²) in [4.78, 5) is 24.7. The number of hydrazone groups is 1. The summed E-state index contributed by atoms with van der Waals surface area (Å²) in [5.41, 5.74) is 5.13. The maximum Gasteiger partial charge on any atom is 0.343 e. The van der Waals surface area contributed by atoms with Gasteiger partial charge in [-0.2, -0.15) is 5.10 Å². The SMILES string of the molecule is CCCCOc1ccc(C(=O)Oc2ccc(/C=N/NC(=O)c3ccc(C)cc3)cc2OC)cc1. The third-order valence-corrected chi connectivity index (χ3v) is 4.94. The molecule has 1 N–H and O–H groups in total. The number of methoxy groups -OCH3 is 1. The van der Waals surface area contributed by atoms with Crippen LogP contribution in [0.4, 0.5) is 0 Å². The van der Waals surface area contributed by atoms with Gasteiger partial charge in [0.25, 0.3) is 5.91 Å². The molecular weight excluding hydrogens is 432 g/mol. The molecule has 0 saturated carbocycles. The van der Waals surface area contributed by atoms with Crippen molar-refractivity contribution in [2.75, 3.05) is 13.7 Å². The minimum absolute atomic E-state index is 0.275. The smallest absolute Gasteiger partial charge is 0.343 e. The first-order valence-electron chi connectivity index (χ1n) is 11.0. The van der Waals surface area contributed by atoms with Crippen molar-refractivity contribution in [2.45, 2.75) is 26.7 Å². The highest BCUT2D eigenvalue weighted by Crippen LogP contribution is 2.28. The van der Waals surface area contributed by atoms with E-state index in [9.17, 15) is 9.59 Å². The number of amides is 1. The van der Waals surface area contributed by atoms with Gasteiger partial charge in [-0.15, -0.1) is 0 Å². The Labute approximate surface area is 199 Å². The van der Waals surface area contributed by atoms with Crippen LogP contribution in [0.3, 0.4) is 0 Å². The van der Waals surface area contributed by atoms with E-state index in [1.807, 2.05) is 19.1 Å². The average Bonchev–Trinajstić information content (AvgIpc) is 2.85. The van der Waals surface area contributed by atoms with Gasteiger partial charge in [0.2, 0.25) is 0 Å². The number of carbonyl (C=O) groups is 2. The number of rotatable bonds is 10. The molecule has 0 aliphatic rings. The summed E-state index contributed by atoms with van der Waals surface area (Å²) in [6.07, 6.45) is 3.51. The van der Waals surface area contributed by atoms with Gasteiger partial charge in [-0.05, 0) is 73.5 Å². The lowest BCUT2D eigenvalue weighted by atomic mass is 10.1. The predicted octanol–water partition coefficient (Wildman–Crippen LogP) is 5.17. The Morgan fingerprint density at radius 1 is 0.941 bits per heavy atom. The van der Waals surface area contributed by atoms with Crippen LogP contribution in [0.25, 0.3) is 0 Å². The van der Waals surface area contributed by atoms with E-state index in [4.69, 9.17) is 14.2 Å². The molecule has 7 nitrogen and oxygen atoms in total. The van der Waals surface area contributed by atoms with Gasteiger partial charge >= 0.3 is 5.97 Å². The van der Waals surface area contributed by atoms with Crippen molar-refractivity contribution in [3.8, 4) is 17.2 Å². The van der Waals surface area contributed by atoms with Gasteiger partial charge in [-0.3, -0.25) is 4.79 Å². The van der Waals surface area contributed by atoms with Gasteiger partial charge < -0.3 is 14.2 Å². The molecule has 0 unspecified atom stereocenters.